The highest BCUT2D eigenvalue weighted by molar-refractivity contribution is 5.25. The lowest BCUT2D eigenvalue weighted by atomic mass is 9.99. The molecule has 1 fully saturated rings. The molecule has 1 aromatic rings. The molecule has 1 saturated carbocycles. The van der Waals surface area contributed by atoms with E-state index in [2.05, 4.69) is 50.4 Å². The van der Waals surface area contributed by atoms with Gasteiger partial charge in [-0.1, -0.05) is 38.1 Å². The van der Waals surface area contributed by atoms with Crippen molar-refractivity contribution >= 4 is 0 Å². The summed E-state index contributed by atoms with van der Waals surface area (Å²) in [6, 6.07) is 10.5. The van der Waals surface area contributed by atoms with Crippen molar-refractivity contribution in [3.63, 3.8) is 0 Å². The van der Waals surface area contributed by atoms with E-state index >= 15 is 0 Å². The Kier molecular flexibility index (Phi) is 5.00. The zero-order valence-electron chi connectivity index (χ0n) is 12.5. The number of nitrogens with one attached hydrogen (secondary N) is 1. The zero-order valence-corrected chi connectivity index (χ0v) is 12.5. The summed E-state index contributed by atoms with van der Waals surface area (Å²) in [7, 11) is 0. The largest absolute Gasteiger partial charge is 0.328 e. The Morgan fingerprint density at radius 3 is 2.37 bits per heavy atom. The predicted molar refractivity (Wildman–Crippen MR) is 82.1 cm³/mol. The molecule has 0 aromatic heterocycles. The van der Waals surface area contributed by atoms with Gasteiger partial charge in [-0.3, -0.25) is 0 Å². The van der Waals surface area contributed by atoms with Crippen LogP contribution in [0.5, 0.6) is 0 Å². The van der Waals surface area contributed by atoms with Crippen molar-refractivity contribution in [3.8, 4) is 0 Å². The van der Waals surface area contributed by atoms with Crippen LogP contribution in [0.15, 0.2) is 24.3 Å². The molecule has 1 aliphatic rings. The molecule has 2 heteroatoms. The molecule has 1 aromatic carbocycles. The summed E-state index contributed by atoms with van der Waals surface area (Å²) in [4.78, 5) is 0. The SMILES string of the molecule is CC(C)Cc1ccc(C(C)NC2CCC(N)C2)cc1. The van der Waals surface area contributed by atoms with Crippen LogP contribution in [0.3, 0.4) is 0 Å². The first kappa shape index (κ1) is 14.5. The van der Waals surface area contributed by atoms with Crippen LogP contribution < -0.4 is 11.1 Å². The van der Waals surface area contributed by atoms with Crippen molar-refractivity contribution in [1.29, 1.82) is 0 Å². The second-order valence-electron chi connectivity index (χ2n) is 6.50. The maximum atomic E-state index is 5.97. The third-order valence-electron chi connectivity index (χ3n) is 4.08. The first-order valence-corrected chi connectivity index (χ1v) is 7.65. The molecular formula is C17H28N2. The molecule has 0 amide bonds. The summed E-state index contributed by atoms with van der Waals surface area (Å²) in [6.45, 7) is 6.78. The van der Waals surface area contributed by atoms with Crippen molar-refractivity contribution in [3.05, 3.63) is 35.4 Å². The van der Waals surface area contributed by atoms with Crippen LogP contribution >= 0.6 is 0 Å². The highest BCUT2D eigenvalue weighted by Gasteiger charge is 2.22. The highest BCUT2D eigenvalue weighted by atomic mass is 15.0. The van der Waals surface area contributed by atoms with E-state index in [9.17, 15) is 0 Å². The minimum Gasteiger partial charge on any atom is -0.328 e. The Labute approximate surface area is 117 Å². The minimum atomic E-state index is 0.401. The lowest BCUT2D eigenvalue weighted by Gasteiger charge is -2.20. The second-order valence-corrected chi connectivity index (χ2v) is 6.50. The van der Waals surface area contributed by atoms with Crippen LogP contribution in [0, 0.1) is 5.92 Å². The van der Waals surface area contributed by atoms with Crippen molar-refractivity contribution in [1.82, 2.24) is 5.32 Å². The molecule has 0 aliphatic heterocycles. The molecule has 0 bridgehead atoms. The van der Waals surface area contributed by atoms with Crippen LogP contribution in [0.2, 0.25) is 0 Å². The number of hydrogen-bond donors (Lipinski definition) is 2. The summed E-state index contributed by atoms with van der Waals surface area (Å²) >= 11 is 0. The molecule has 0 radical (unpaired) electrons. The van der Waals surface area contributed by atoms with E-state index in [4.69, 9.17) is 5.73 Å². The van der Waals surface area contributed by atoms with Gasteiger partial charge in [0.15, 0.2) is 0 Å². The Balaban J connectivity index is 1.90. The zero-order chi connectivity index (χ0) is 13.8. The Morgan fingerprint density at radius 1 is 1.16 bits per heavy atom. The van der Waals surface area contributed by atoms with E-state index in [0.29, 0.717) is 18.1 Å². The first-order chi connectivity index (χ1) is 9.04. The number of rotatable bonds is 5. The van der Waals surface area contributed by atoms with E-state index in [-0.39, 0.29) is 0 Å². The normalized spacial score (nSPS) is 24.9. The third kappa shape index (κ3) is 4.32. The van der Waals surface area contributed by atoms with Gasteiger partial charge in [0.25, 0.3) is 0 Å². The van der Waals surface area contributed by atoms with Gasteiger partial charge in [0, 0.05) is 18.1 Å². The van der Waals surface area contributed by atoms with Gasteiger partial charge in [-0.2, -0.15) is 0 Å². The van der Waals surface area contributed by atoms with E-state index in [1.165, 1.54) is 24.0 Å². The molecule has 106 valence electrons. The smallest absolute Gasteiger partial charge is 0.0294 e. The molecule has 2 nitrogen and oxygen atoms in total. The van der Waals surface area contributed by atoms with Crippen LogP contribution in [-0.2, 0) is 6.42 Å². The van der Waals surface area contributed by atoms with Gasteiger partial charge in [-0.15, -0.1) is 0 Å². The summed E-state index contributed by atoms with van der Waals surface area (Å²) < 4.78 is 0. The topological polar surface area (TPSA) is 38.0 Å². The summed E-state index contributed by atoms with van der Waals surface area (Å²) in [6.07, 6.45) is 4.67. The van der Waals surface area contributed by atoms with E-state index in [1.54, 1.807) is 0 Å². The quantitative estimate of drug-likeness (QED) is 0.851. The molecule has 0 heterocycles. The van der Waals surface area contributed by atoms with Crippen molar-refractivity contribution in [2.45, 2.75) is 64.6 Å². The van der Waals surface area contributed by atoms with Gasteiger partial charge in [0.2, 0.25) is 0 Å². The van der Waals surface area contributed by atoms with Crippen LogP contribution in [-0.4, -0.2) is 12.1 Å². The molecule has 0 spiro atoms. The van der Waals surface area contributed by atoms with Gasteiger partial charge >= 0.3 is 0 Å². The lowest BCUT2D eigenvalue weighted by molar-refractivity contribution is 0.457. The van der Waals surface area contributed by atoms with Crippen molar-refractivity contribution < 1.29 is 0 Å². The Hall–Kier alpha value is -0.860. The Bertz CT molecular complexity index is 383. The summed E-state index contributed by atoms with van der Waals surface area (Å²) in [5.74, 6) is 0.723. The van der Waals surface area contributed by atoms with E-state index < -0.39 is 0 Å². The standard InChI is InChI=1S/C17H28N2/c1-12(2)10-14-4-6-15(7-5-14)13(3)19-17-9-8-16(18)11-17/h4-7,12-13,16-17,19H,8-11,18H2,1-3H3. The maximum absolute atomic E-state index is 5.97. The fourth-order valence-electron chi connectivity index (χ4n) is 3.03. The van der Waals surface area contributed by atoms with Gasteiger partial charge in [-0.05, 0) is 49.7 Å². The van der Waals surface area contributed by atoms with Crippen molar-refractivity contribution in [2.75, 3.05) is 0 Å². The average Bonchev–Trinajstić information content (AvgIpc) is 2.75. The number of hydrogen-bond acceptors (Lipinski definition) is 2. The lowest BCUT2D eigenvalue weighted by Crippen LogP contribution is -2.30. The third-order valence-corrected chi connectivity index (χ3v) is 4.08. The fourth-order valence-corrected chi connectivity index (χ4v) is 3.03. The van der Waals surface area contributed by atoms with Gasteiger partial charge in [0.1, 0.15) is 0 Å². The Morgan fingerprint density at radius 2 is 1.84 bits per heavy atom. The molecule has 2 rings (SSSR count). The highest BCUT2D eigenvalue weighted by Crippen LogP contribution is 2.22. The molecule has 3 N–H and O–H groups in total. The van der Waals surface area contributed by atoms with Gasteiger partial charge in [0.05, 0.1) is 0 Å². The first-order valence-electron chi connectivity index (χ1n) is 7.65. The minimum absolute atomic E-state index is 0.401. The molecule has 3 atom stereocenters. The fraction of sp³-hybridized carbons (Fsp3) is 0.647. The predicted octanol–water partition coefficient (Wildman–Crippen LogP) is 3.42. The number of nitrogens with two attached hydrogens (primary N) is 1. The van der Waals surface area contributed by atoms with Crippen LogP contribution in [0.4, 0.5) is 0 Å². The summed E-state index contributed by atoms with van der Waals surface area (Å²) in [5, 5.41) is 3.71. The van der Waals surface area contributed by atoms with Gasteiger partial charge < -0.3 is 11.1 Å². The second kappa shape index (κ2) is 6.53. The number of benzene rings is 1. The van der Waals surface area contributed by atoms with E-state index in [0.717, 1.165) is 18.8 Å². The average molecular weight is 260 g/mol. The molecule has 0 saturated heterocycles. The van der Waals surface area contributed by atoms with Gasteiger partial charge in [-0.25, -0.2) is 0 Å². The maximum Gasteiger partial charge on any atom is 0.0294 e. The van der Waals surface area contributed by atoms with Crippen LogP contribution in [0.25, 0.3) is 0 Å². The molecule has 1 aliphatic carbocycles. The molecule has 19 heavy (non-hydrogen) atoms. The molecular weight excluding hydrogens is 232 g/mol. The molecule has 3 unspecified atom stereocenters. The van der Waals surface area contributed by atoms with Crippen molar-refractivity contribution in [2.24, 2.45) is 11.7 Å². The summed E-state index contributed by atoms with van der Waals surface area (Å²) in [5.41, 5.74) is 8.79. The monoisotopic (exact) mass is 260 g/mol. The van der Waals surface area contributed by atoms with Crippen LogP contribution in [0.1, 0.15) is 57.2 Å². The van der Waals surface area contributed by atoms with E-state index in [1.807, 2.05) is 0 Å².